The molecule has 1 heterocycles. The lowest BCUT2D eigenvalue weighted by molar-refractivity contribution is 0.305. The van der Waals surface area contributed by atoms with Crippen LogP contribution in [0.25, 0.3) is 10.9 Å². The van der Waals surface area contributed by atoms with Gasteiger partial charge in [-0.3, -0.25) is 0 Å². The summed E-state index contributed by atoms with van der Waals surface area (Å²) in [5.41, 5.74) is 8.77. The van der Waals surface area contributed by atoms with Gasteiger partial charge in [-0.15, -0.1) is 0 Å². The molecule has 20 heavy (non-hydrogen) atoms. The molecule has 0 radical (unpaired) electrons. The van der Waals surface area contributed by atoms with Crippen molar-refractivity contribution in [3.8, 4) is 11.5 Å². The number of phenolic OH excluding ortho intramolecular Hbond substituents is 1. The smallest absolute Gasteiger partial charge is 0.123 e. The van der Waals surface area contributed by atoms with E-state index in [9.17, 15) is 5.11 Å². The van der Waals surface area contributed by atoms with E-state index < -0.39 is 0 Å². The van der Waals surface area contributed by atoms with Crippen LogP contribution in [0.5, 0.6) is 11.5 Å². The van der Waals surface area contributed by atoms with Crippen molar-refractivity contribution in [2.45, 2.75) is 6.61 Å². The van der Waals surface area contributed by atoms with E-state index >= 15 is 0 Å². The fourth-order valence-electron chi connectivity index (χ4n) is 2.34. The number of hydrogen-bond donors (Lipinski definition) is 2. The van der Waals surface area contributed by atoms with Crippen molar-refractivity contribution in [3.05, 3.63) is 54.2 Å². The minimum atomic E-state index is 0.199. The summed E-state index contributed by atoms with van der Waals surface area (Å²) in [6.45, 7) is 0.435. The highest BCUT2D eigenvalue weighted by Crippen LogP contribution is 2.25. The van der Waals surface area contributed by atoms with Gasteiger partial charge in [-0.1, -0.05) is 6.07 Å². The molecule has 0 amide bonds. The van der Waals surface area contributed by atoms with Crippen LogP contribution in [0, 0.1) is 0 Å². The second kappa shape index (κ2) is 4.81. The number of aromatic nitrogens is 1. The zero-order valence-corrected chi connectivity index (χ0v) is 11.2. The van der Waals surface area contributed by atoms with Crippen molar-refractivity contribution in [2.24, 2.45) is 7.05 Å². The van der Waals surface area contributed by atoms with Crippen LogP contribution in [-0.4, -0.2) is 9.67 Å². The summed E-state index contributed by atoms with van der Waals surface area (Å²) in [6, 6.07) is 12.6. The topological polar surface area (TPSA) is 60.4 Å². The van der Waals surface area contributed by atoms with Crippen molar-refractivity contribution < 1.29 is 9.84 Å². The summed E-state index contributed by atoms with van der Waals surface area (Å²) in [5.74, 6) is 0.843. The Kier molecular flexibility index (Phi) is 2.99. The molecule has 0 spiro atoms. The summed E-state index contributed by atoms with van der Waals surface area (Å²) in [4.78, 5) is 0. The van der Waals surface area contributed by atoms with E-state index in [4.69, 9.17) is 10.5 Å². The Hall–Kier alpha value is -2.62. The lowest BCUT2D eigenvalue weighted by Gasteiger charge is -2.05. The first-order chi connectivity index (χ1) is 9.63. The van der Waals surface area contributed by atoms with Crippen LogP contribution in [0.4, 0.5) is 5.69 Å². The molecular weight excluding hydrogens is 252 g/mol. The Morgan fingerprint density at radius 3 is 2.85 bits per heavy atom. The molecular formula is C16H16N2O2. The molecule has 0 bridgehead atoms. The number of nitrogens with two attached hydrogens (primary N) is 1. The lowest BCUT2D eigenvalue weighted by Crippen LogP contribution is -1.94. The zero-order valence-electron chi connectivity index (χ0n) is 11.2. The van der Waals surface area contributed by atoms with Crippen LogP contribution in [0.1, 0.15) is 5.56 Å². The quantitative estimate of drug-likeness (QED) is 0.718. The van der Waals surface area contributed by atoms with Gasteiger partial charge in [0.15, 0.2) is 0 Å². The molecule has 0 atom stereocenters. The number of aryl methyl sites for hydroxylation is 1. The van der Waals surface area contributed by atoms with E-state index in [1.54, 1.807) is 18.2 Å². The largest absolute Gasteiger partial charge is 0.508 e. The van der Waals surface area contributed by atoms with Gasteiger partial charge in [-0.2, -0.15) is 0 Å². The van der Waals surface area contributed by atoms with Gasteiger partial charge < -0.3 is 20.1 Å². The highest BCUT2D eigenvalue weighted by atomic mass is 16.5. The molecule has 102 valence electrons. The zero-order chi connectivity index (χ0) is 14.1. The van der Waals surface area contributed by atoms with Gasteiger partial charge >= 0.3 is 0 Å². The van der Waals surface area contributed by atoms with Crippen molar-refractivity contribution in [3.63, 3.8) is 0 Å². The number of phenols is 1. The van der Waals surface area contributed by atoms with E-state index in [-0.39, 0.29) is 5.75 Å². The number of anilines is 1. The molecule has 0 unspecified atom stereocenters. The predicted molar refractivity (Wildman–Crippen MR) is 79.8 cm³/mol. The van der Waals surface area contributed by atoms with Crippen LogP contribution in [0.3, 0.4) is 0 Å². The molecule has 0 saturated heterocycles. The van der Waals surface area contributed by atoms with E-state index in [1.165, 1.54) is 0 Å². The second-order valence-electron chi connectivity index (χ2n) is 4.83. The van der Waals surface area contributed by atoms with Gasteiger partial charge in [0.05, 0.1) is 0 Å². The summed E-state index contributed by atoms with van der Waals surface area (Å²) in [5, 5.41) is 10.5. The lowest BCUT2D eigenvalue weighted by atomic mass is 10.1. The average Bonchev–Trinajstić information content (AvgIpc) is 2.73. The van der Waals surface area contributed by atoms with Gasteiger partial charge in [0.2, 0.25) is 0 Å². The molecule has 0 aliphatic carbocycles. The first-order valence-electron chi connectivity index (χ1n) is 6.39. The molecule has 0 aliphatic rings. The maximum absolute atomic E-state index is 9.42. The predicted octanol–water partition coefficient (Wildman–Crippen LogP) is 3.05. The molecule has 1 aromatic heterocycles. The van der Waals surface area contributed by atoms with Gasteiger partial charge in [0.1, 0.15) is 18.1 Å². The minimum absolute atomic E-state index is 0.199. The highest BCUT2D eigenvalue weighted by molar-refractivity contribution is 5.86. The number of rotatable bonds is 3. The summed E-state index contributed by atoms with van der Waals surface area (Å²) in [7, 11) is 2.00. The molecule has 3 rings (SSSR count). The van der Waals surface area contributed by atoms with Gasteiger partial charge in [0, 0.05) is 41.5 Å². The molecule has 3 N–H and O–H groups in total. The Morgan fingerprint density at radius 2 is 2.05 bits per heavy atom. The molecule has 4 nitrogen and oxygen atoms in total. The fourth-order valence-corrected chi connectivity index (χ4v) is 2.34. The van der Waals surface area contributed by atoms with Crippen LogP contribution in [0.15, 0.2) is 48.7 Å². The van der Waals surface area contributed by atoms with Crippen LogP contribution in [-0.2, 0) is 13.7 Å². The number of aromatic hydroxyl groups is 1. The van der Waals surface area contributed by atoms with E-state index in [0.29, 0.717) is 12.4 Å². The molecule has 3 aromatic rings. The first kappa shape index (κ1) is 12.4. The number of fused-ring (bicyclic) bond motifs is 1. The molecule has 2 aromatic carbocycles. The fraction of sp³-hybridized carbons (Fsp3) is 0.125. The van der Waals surface area contributed by atoms with E-state index in [2.05, 4.69) is 4.57 Å². The van der Waals surface area contributed by atoms with Crippen LogP contribution in [0.2, 0.25) is 0 Å². The maximum atomic E-state index is 9.42. The SMILES string of the molecule is Cn1cc(COc2cccc(O)c2)c2cc(N)ccc21. The van der Waals surface area contributed by atoms with Crippen molar-refractivity contribution in [1.82, 2.24) is 4.57 Å². The molecule has 0 fully saturated rings. The molecule has 0 aliphatic heterocycles. The molecule has 4 heteroatoms. The maximum Gasteiger partial charge on any atom is 0.123 e. The number of ether oxygens (including phenoxy) is 1. The van der Waals surface area contributed by atoms with Gasteiger partial charge in [-0.25, -0.2) is 0 Å². The van der Waals surface area contributed by atoms with Crippen molar-refractivity contribution in [1.29, 1.82) is 0 Å². The van der Waals surface area contributed by atoms with Gasteiger partial charge in [0.25, 0.3) is 0 Å². The highest BCUT2D eigenvalue weighted by Gasteiger charge is 2.07. The Morgan fingerprint density at radius 1 is 1.20 bits per heavy atom. The minimum Gasteiger partial charge on any atom is -0.508 e. The van der Waals surface area contributed by atoms with Gasteiger partial charge in [-0.05, 0) is 30.3 Å². The summed E-state index contributed by atoms with van der Waals surface area (Å²) < 4.78 is 7.77. The van der Waals surface area contributed by atoms with Crippen molar-refractivity contribution in [2.75, 3.05) is 5.73 Å². The monoisotopic (exact) mass is 268 g/mol. The first-order valence-corrected chi connectivity index (χ1v) is 6.39. The standard InChI is InChI=1S/C16H16N2O2/c1-18-9-11(15-7-12(17)5-6-16(15)18)10-20-14-4-2-3-13(19)8-14/h2-9,19H,10,17H2,1H3. The third-order valence-corrected chi connectivity index (χ3v) is 3.31. The third kappa shape index (κ3) is 2.28. The number of nitrogen functional groups attached to an aromatic ring is 1. The summed E-state index contributed by atoms with van der Waals surface area (Å²) >= 11 is 0. The molecule has 0 saturated carbocycles. The van der Waals surface area contributed by atoms with Crippen LogP contribution < -0.4 is 10.5 Å². The second-order valence-corrected chi connectivity index (χ2v) is 4.83. The average molecular weight is 268 g/mol. The summed E-state index contributed by atoms with van der Waals surface area (Å²) in [6.07, 6.45) is 2.03. The Labute approximate surface area is 117 Å². The van der Waals surface area contributed by atoms with Crippen LogP contribution >= 0.6 is 0 Å². The number of benzene rings is 2. The Bertz CT molecular complexity index is 762. The number of hydrogen-bond acceptors (Lipinski definition) is 3. The van der Waals surface area contributed by atoms with E-state index in [0.717, 1.165) is 22.2 Å². The number of nitrogens with zero attached hydrogens (tertiary/aromatic N) is 1. The van der Waals surface area contributed by atoms with E-state index in [1.807, 2.05) is 37.5 Å². The Balaban J connectivity index is 1.89. The third-order valence-electron chi connectivity index (χ3n) is 3.31. The normalized spacial score (nSPS) is 10.8. The van der Waals surface area contributed by atoms with Crippen molar-refractivity contribution >= 4 is 16.6 Å².